The molecule has 8 nitrogen and oxygen atoms in total. The first-order valence-electron chi connectivity index (χ1n) is 9.92. The van der Waals surface area contributed by atoms with Gasteiger partial charge in [-0.25, -0.2) is 4.39 Å². The maximum Gasteiger partial charge on any atom is 0.257 e. The van der Waals surface area contributed by atoms with E-state index in [1.807, 2.05) is 4.90 Å². The van der Waals surface area contributed by atoms with E-state index in [-0.39, 0.29) is 11.7 Å². The molecule has 0 bridgehead atoms. The molecule has 0 unspecified atom stereocenters. The van der Waals surface area contributed by atoms with E-state index in [1.165, 1.54) is 12.3 Å². The molecule has 4 heterocycles. The predicted molar refractivity (Wildman–Crippen MR) is 104 cm³/mol. The number of H-pyrrole nitrogens is 1. The van der Waals surface area contributed by atoms with Gasteiger partial charge in [0.1, 0.15) is 17.5 Å². The maximum absolute atomic E-state index is 14.2. The third-order valence-electron chi connectivity index (χ3n) is 5.81. The van der Waals surface area contributed by atoms with Crippen molar-refractivity contribution in [2.45, 2.75) is 31.8 Å². The third kappa shape index (κ3) is 3.21. The van der Waals surface area contributed by atoms with Gasteiger partial charge in [-0.3, -0.25) is 9.89 Å². The molecule has 150 valence electrons. The predicted octanol–water partition coefficient (Wildman–Crippen LogP) is 1.93. The van der Waals surface area contributed by atoms with E-state index >= 15 is 0 Å². The largest absolute Gasteiger partial charge is 0.338 e. The van der Waals surface area contributed by atoms with Crippen LogP contribution >= 0.6 is 0 Å². The average molecular weight is 395 g/mol. The molecule has 2 N–H and O–H groups in total. The molecule has 0 aliphatic carbocycles. The Morgan fingerprint density at radius 1 is 1.14 bits per heavy atom. The first-order chi connectivity index (χ1) is 14.2. The van der Waals surface area contributed by atoms with Crippen LogP contribution in [0.25, 0.3) is 11.3 Å². The number of halogens is 1. The summed E-state index contributed by atoms with van der Waals surface area (Å²) in [4.78, 5) is 14.9. The number of nitrogens with one attached hydrogen (secondary N) is 2. The number of fused-ring (bicyclic) bond motifs is 1. The van der Waals surface area contributed by atoms with Gasteiger partial charge in [-0.05, 0) is 25.0 Å². The van der Waals surface area contributed by atoms with E-state index in [2.05, 4.69) is 30.3 Å². The quantitative estimate of drug-likeness (QED) is 0.707. The highest BCUT2D eigenvalue weighted by atomic mass is 19.1. The number of aromatic amines is 1. The van der Waals surface area contributed by atoms with Crippen molar-refractivity contribution in [2.24, 2.45) is 0 Å². The fraction of sp³-hybridized carbons (Fsp3) is 0.400. The zero-order valence-corrected chi connectivity index (χ0v) is 15.9. The highest BCUT2D eigenvalue weighted by molar-refractivity contribution is 5.99. The molecule has 0 radical (unpaired) electrons. The van der Waals surface area contributed by atoms with E-state index in [4.69, 9.17) is 0 Å². The Hall–Kier alpha value is -3.07. The zero-order valence-electron chi connectivity index (χ0n) is 15.9. The number of carbonyl (C=O) groups is 1. The molecule has 2 aliphatic rings. The van der Waals surface area contributed by atoms with Crippen molar-refractivity contribution in [3.63, 3.8) is 0 Å². The normalized spacial score (nSPS) is 17.3. The van der Waals surface area contributed by atoms with Gasteiger partial charge in [0.05, 0.1) is 24.0 Å². The summed E-state index contributed by atoms with van der Waals surface area (Å²) in [7, 11) is 0. The summed E-state index contributed by atoms with van der Waals surface area (Å²) in [6.07, 6.45) is 3.16. The Kier molecular flexibility index (Phi) is 4.59. The molecule has 1 aromatic carbocycles. The number of carbonyl (C=O) groups excluding carboxylic acids is 1. The van der Waals surface area contributed by atoms with Crippen LogP contribution in [0.3, 0.4) is 0 Å². The van der Waals surface area contributed by atoms with Crippen molar-refractivity contribution in [1.29, 1.82) is 0 Å². The van der Waals surface area contributed by atoms with Crippen LogP contribution in [0.5, 0.6) is 0 Å². The zero-order chi connectivity index (χ0) is 19.8. The third-order valence-corrected chi connectivity index (χ3v) is 5.81. The van der Waals surface area contributed by atoms with E-state index in [0.717, 1.165) is 44.1 Å². The number of benzene rings is 1. The molecule has 1 amide bonds. The molecule has 0 saturated carbocycles. The molecule has 2 aliphatic heterocycles. The van der Waals surface area contributed by atoms with E-state index < -0.39 is 0 Å². The Balaban J connectivity index is 1.31. The number of hydrogen-bond acceptors (Lipinski definition) is 5. The molecular weight excluding hydrogens is 373 g/mol. The Morgan fingerprint density at radius 3 is 2.79 bits per heavy atom. The van der Waals surface area contributed by atoms with Crippen LogP contribution in [-0.4, -0.2) is 55.4 Å². The Morgan fingerprint density at radius 2 is 1.97 bits per heavy atom. The molecule has 1 fully saturated rings. The SMILES string of the molecule is O=C(c1cn[nH]c1-c1ccccc1F)N1CCC(c2nnc3n2CCNC3)CC1. The van der Waals surface area contributed by atoms with Gasteiger partial charge in [0, 0.05) is 37.7 Å². The van der Waals surface area contributed by atoms with Crippen molar-refractivity contribution in [2.75, 3.05) is 19.6 Å². The minimum atomic E-state index is -0.379. The topological polar surface area (TPSA) is 91.7 Å². The number of aromatic nitrogens is 5. The van der Waals surface area contributed by atoms with Gasteiger partial charge in [-0.15, -0.1) is 10.2 Å². The molecule has 1 saturated heterocycles. The van der Waals surface area contributed by atoms with Crippen LogP contribution in [-0.2, 0) is 13.1 Å². The number of hydrogen-bond donors (Lipinski definition) is 2. The van der Waals surface area contributed by atoms with Crippen molar-refractivity contribution in [1.82, 2.24) is 35.2 Å². The smallest absolute Gasteiger partial charge is 0.257 e. The number of rotatable bonds is 3. The van der Waals surface area contributed by atoms with Gasteiger partial charge < -0.3 is 14.8 Å². The standard InChI is InChI=1S/C20H22FN7O/c21-16-4-2-1-3-14(16)18-15(11-23-25-18)20(29)27-8-5-13(6-9-27)19-26-24-17-12-22-7-10-28(17)19/h1-4,11,13,22H,5-10,12H2,(H,23,25). The minimum absolute atomic E-state index is 0.122. The molecule has 9 heteroatoms. The van der Waals surface area contributed by atoms with Crippen LogP contribution in [0.1, 0.15) is 40.8 Å². The minimum Gasteiger partial charge on any atom is -0.338 e. The second-order valence-corrected chi connectivity index (χ2v) is 7.51. The van der Waals surface area contributed by atoms with Crippen molar-refractivity contribution < 1.29 is 9.18 Å². The summed E-state index contributed by atoms with van der Waals surface area (Å²) in [6.45, 7) is 3.83. The van der Waals surface area contributed by atoms with Crippen LogP contribution in [0.2, 0.25) is 0 Å². The Bertz CT molecular complexity index is 1040. The summed E-state index contributed by atoms with van der Waals surface area (Å²) >= 11 is 0. The molecule has 5 rings (SSSR count). The van der Waals surface area contributed by atoms with E-state index in [9.17, 15) is 9.18 Å². The maximum atomic E-state index is 14.2. The lowest BCUT2D eigenvalue weighted by Crippen LogP contribution is -2.39. The molecule has 3 aromatic rings. The number of piperidine rings is 1. The second kappa shape index (κ2) is 7.40. The van der Waals surface area contributed by atoms with Crippen LogP contribution in [0, 0.1) is 5.82 Å². The highest BCUT2D eigenvalue weighted by Crippen LogP contribution is 2.30. The van der Waals surface area contributed by atoms with Gasteiger partial charge in [-0.2, -0.15) is 5.10 Å². The van der Waals surface area contributed by atoms with Crippen molar-refractivity contribution in [3.05, 3.63) is 53.5 Å². The summed E-state index contributed by atoms with van der Waals surface area (Å²) < 4.78 is 16.4. The second-order valence-electron chi connectivity index (χ2n) is 7.51. The van der Waals surface area contributed by atoms with Crippen LogP contribution in [0.4, 0.5) is 4.39 Å². The molecule has 0 spiro atoms. The summed E-state index contributed by atoms with van der Waals surface area (Å²) in [6, 6.07) is 6.40. The fourth-order valence-electron chi connectivity index (χ4n) is 4.25. The van der Waals surface area contributed by atoms with Crippen LogP contribution in [0.15, 0.2) is 30.5 Å². The number of amides is 1. The van der Waals surface area contributed by atoms with Gasteiger partial charge in [0.2, 0.25) is 0 Å². The highest BCUT2D eigenvalue weighted by Gasteiger charge is 2.30. The Labute approximate surface area is 167 Å². The molecule has 2 aromatic heterocycles. The van der Waals surface area contributed by atoms with Crippen molar-refractivity contribution in [3.8, 4) is 11.3 Å². The van der Waals surface area contributed by atoms with Gasteiger partial charge in [0.25, 0.3) is 5.91 Å². The summed E-state index contributed by atoms with van der Waals surface area (Å²) in [5, 5.41) is 18.8. The van der Waals surface area contributed by atoms with E-state index in [1.54, 1.807) is 18.2 Å². The van der Waals surface area contributed by atoms with Gasteiger partial charge >= 0.3 is 0 Å². The van der Waals surface area contributed by atoms with Crippen LogP contribution < -0.4 is 5.32 Å². The first kappa shape index (κ1) is 18.0. The molecular formula is C20H22FN7O. The summed E-state index contributed by atoms with van der Waals surface area (Å²) in [5.41, 5.74) is 1.18. The van der Waals surface area contributed by atoms with E-state index in [0.29, 0.717) is 35.8 Å². The average Bonchev–Trinajstić information content (AvgIpc) is 3.41. The number of nitrogens with zero attached hydrogens (tertiary/aromatic N) is 5. The lowest BCUT2D eigenvalue weighted by atomic mass is 9.95. The van der Waals surface area contributed by atoms with Gasteiger partial charge in [-0.1, -0.05) is 12.1 Å². The van der Waals surface area contributed by atoms with Crippen molar-refractivity contribution >= 4 is 5.91 Å². The first-order valence-corrected chi connectivity index (χ1v) is 9.92. The lowest BCUT2D eigenvalue weighted by Gasteiger charge is -2.32. The number of likely N-dealkylation sites (tertiary alicyclic amines) is 1. The summed E-state index contributed by atoms with van der Waals surface area (Å²) in [5.74, 6) is 1.81. The fourth-order valence-corrected chi connectivity index (χ4v) is 4.25. The van der Waals surface area contributed by atoms with Gasteiger partial charge in [0.15, 0.2) is 0 Å². The molecule has 0 atom stereocenters. The molecule has 29 heavy (non-hydrogen) atoms. The lowest BCUT2D eigenvalue weighted by molar-refractivity contribution is 0.0711. The monoisotopic (exact) mass is 395 g/mol.